The van der Waals surface area contributed by atoms with Crippen LogP contribution in [0.5, 0.6) is 0 Å². The predicted molar refractivity (Wildman–Crippen MR) is 76.5 cm³/mol. The van der Waals surface area contributed by atoms with Gasteiger partial charge in [-0.2, -0.15) is 0 Å². The number of aryl methyl sites for hydroxylation is 1. The maximum absolute atomic E-state index is 12.2. The summed E-state index contributed by atoms with van der Waals surface area (Å²) in [5.41, 5.74) is 0. The second-order valence-corrected chi connectivity index (χ2v) is 6.48. The Morgan fingerprint density at radius 1 is 1.26 bits per heavy atom. The molecule has 0 aromatic carbocycles. The molecule has 2 N–H and O–H groups in total. The molecule has 1 aromatic rings. The average molecular weight is 287 g/mol. The molecule has 0 radical (unpaired) electrons. The zero-order chi connectivity index (χ0) is 14.3. The molecule has 0 aliphatic carbocycles. The number of aromatic amines is 1. The van der Waals surface area contributed by atoms with Crippen LogP contribution in [0.1, 0.15) is 58.7 Å². The lowest BCUT2D eigenvalue weighted by Crippen LogP contribution is -2.35. The molecule has 0 aliphatic rings. The fourth-order valence-electron chi connectivity index (χ4n) is 2.00. The van der Waals surface area contributed by atoms with Crippen molar-refractivity contribution in [2.45, 2.75) is 70.4 Å². The third-order valence-electron chi connectivity index (χ3n) is 3.09. The van der Waals surface area contributed by atoms with Crippen LogP contribution in [0, 0.1) is 0 Å². The van der Waals surface area contributed by atoms with Crippen molar-refractivity contribution in [1.29, 1.82) is 0 Å². The highest BCUT2D eigenvalue weighted by Gasteiger charge is 2.21. The van der Waals surface area contributed by atoms with Crippen LogP contribution in [0.2, 0.25) is 0 Å². The summed E-state index contributed by atoms with van der Waals surface area (Å²) < 4.78 is 27.2. The Bertz CT molecular complexity index is 468. The molecule has 0 saturated carbocycles. The first-order chi connectivity index (χ1) is 9.03. The van der Waals surface area contributed by atoms with Crippen LogP contribution < -0.4 is 4.72 Å². The van der Waals surface area contributed by atoms with Gasteiger partial charge < -0.3 is 4.98 Å². The number of H-pyrrole nitrogens is 1. The van der Waals surface area contributed by atoms with Crippen molar-refractivity contribution in [3.8, 4) is 0 Å². The van der Waals surface area contributed by atoms with Gasteiger partial charge in [-0.3, -0.25) is 0 Å². The first-order valence-electron chi connectivity index (χ1n) is 7.09. The number of aromatic nitrogens is 2. The van der Waals surface area contributed by atoms with Gasteiger partial charge in [-0.1, -0.05) is 40.0 Å². The van der Waals surface area contributed by atoms with Gasteiger partial charge in [-0.15, -0.1) is 0 Å². The highest BCUT2D eigenvalue weighted by atomic mass is 32.2. The summed E-state index contributed by atoms with van der Waals surface area (Å²) in [5.74, 6) is 0.695. The lowest BCUT2D eigenvalue weighted by Gasteiger charge is -2.17. The second-order valence-electron chi connectivity index (χ2n) is 4.80. The van der Waals surface area contributed by atoms with Gasteiger partial charge in [0, 0.05) is 12.5 Å². The standard InChI is InChI=1S/C13H25N3O2S/c1-4-7-9-11(8-5-2)16-19(17,18)13-10-14-12(6-3)15-13/h10-11,16H,4-9H2,1-3H3,(H,14,15). The molecular formula is C13H25N3O2S. The Hall–Kier alpha value is -0.880. The van der Waals surface area contributed by atoms with Crippen molar-refractivity contribution < 1.29 is 8.42 Å². The molecule has 0 saturated heterocycles. The Kier molecular flexibility index (Phi) is 6.51. The monoisotopic (exact) mass is 287 g/mol. The number of unbranched alkanes of at least 4 members (excludes halogenated alkanes) is 1. The zero-order valence-electron chi connectivity index (χ0n) is 12.1. The topological polar surface area (TPSA) is 74.8 Å². The van der Waals surface area contributed by atoms with E-state index in [0.29, 0.717) is 12.2 Å². The quantitative estimate of drug-likeness (QED) is 0.733. The van der Waals surface area contributed by atoms with Gasteiger partial charge in [0.15, 0.2) is 5.03 Å². The van der Waals surface area contributed by atoms with Gasteiger partial charge >= 0.3 is 0 Å². The maximum atomic E-state index is 12.2. The normalized spacial score (nSPS) is 13.6. The summed E-state index contributed by atoms with van der Waals surface area (Å²) in [4.78, 5) is 6.89. The van der Waals surface area contributed by atoms with E-state index < -0.39 is 10.0 Å². The SMILES string of the molecule is CCCCC(CCC)NS(=O)(=O)c1cnc(CC)[nH]1. The molecule has 1 atom stereocenters. The first-order valence-corrected chi connectivity index (χ1v) is 8.58. The molecule has 0 aliphatic heterocycles. The van der Waals surface area contributed by atoms with E-state index in [1.165, 1.54) is 6.20 Å². The van der Waals surface area contributed by atoms with E-state index in [0.717, 1.165) is 32.1 Å². The smallest absolute Gasteiger partial charge is 0.257 e. The highest BCUT2D eigenvalue weighted by molar-refractivity contribution is 7.89. The van der Waals surface area contributed by atoms with Crippen molar-refractivity contribution in [3.63, 3.8) is 0 Å². The predicted octanol–water partition coefficient (Wildman–Crippen LogP) is 2.61. The van der Waals surface area contributed by atoms with Crippen LogP contribution in [0.4, 0.5) is 0 Å². The van der Waals surface area contributed by atoms with Gasteiger partial charge in [0.25, 0.3) is 10.0 Å². The highest BCUT2D eigenvalue weighted by Crippen LogP contribution is 2.12. The van der Waals surface area contributed by atoms with Crippen LogP contribution in [0.3, 0.4) is 0 Å². The van der Waals surface area contributed by atoms with Gasteiger partial charge in [-0.05, 0) is 12.8 Å². The molecule has 0 spiro atoms. The Balaban J connectivity index is 2.74. The molecule has 1 unspecified atom stereocenters. The van der Waals surface area contributed by atoms with Gasteiger partial charge in [0.2, 0.25) is 0 Å². The Morgan fingerprint density at radius 2 is 2.00 bits per heavy atom. The number of nitrogens with zero attached hydrogens (tertiary/aromatic N) is 1. The minimum Gasteiger partial charge on any atom is -0.332 e. The van der Waals surface area contributed by atoms with E-state index >= 15 is 0 Å². The molecule has 5 nitrogen and oxygen atoms in total. The van der Waals surface area contributed by atoms with Crippen LogP contribution in [-0.4, -0.2) is 24.4 Å². The number of nitrogens with one attached hydrogen (secondary N) is 2. The molecule has 0 fully saturated rings. The maximum Gasteiger partial charge on any atom is 0.257 e. The fraction of sp³-hybridized carbons (Fsp3) is 0.769. The van der Waals surface area contributed by atoms with E-state index in [1.54, 1.807) is 0 Å². The molecule has 1 rings (SSSR count). The summed E-state index contributed by atoms with van der Waals surface area (Å²) >= 11 is 0. The number of rotatable bonds is 9. The third kappa shape index (κ3) is 4.95. The second kappa shape index (κ2) is 7.65. The van der Waals surface area contributed by atoms with Crippen molar-refractivity contribution >= 4 is 10.0 Å². The third-order valence-corrected chi connectivity index (χ3v) is 4.52. The molecule has 19 heavy (non-hydrogen) atoms. The number of imidazole rings is 1. The van der Waals surface area contributed by atoms with Crippen molar-refractivity contribution in [2.75, 3.05) is 0 Å². The fourth-order valence-corrected chi connectivity index (χ4v) is 3.25. The van der Waals surface area contributed by atoms with E-state index in [-0.39, 0.29) is 11.1 Å². The molecule has 0 bridgehead atoms. The molecule has 1 aromatic heterocycles. The first kappa shape index (κ1) is 16.2. The van der Waals surface area contributed by atoms with E-state index in [4.69, 9.17) is 0 Å². The minimum absolute atomic E-state index is 0.0170. The van der Waals surface area contributed by atoms with Crippen LogP contribution in [0.15, 0.2) is 11.2 Å². The Labute approximate surface area is 116 Å². The van der Waals surface area contributed by atoms with Crippen LogP contribution in [-0.2, 0) is 16.4 Å². The summed E-state index contributed by atoms with van der Waals surface area (Å²) in [7, 11) is -3.47. The summed E-state index contributed by atoms with van der Waals surface area (Å²) in [6.45, 7) is 6.11. The molecule has 6 heteroatoms. The number of hydrogen-bond acceptors (Lipinski definition) is 3. The summed E-state index contributed by atoms with van der Waals surface area (Å²) in [6.07, 6.45) is 6.93. The van der Waals surface area contributed by atoms with Gasteiger partial charge in [0.1, 0.15) is 5.82 Å². The van der Waals surface area contributed by atoms with Crippen LogP contribution >= 0.6 is 0 Å². The molecule has 0 amide bonds. The minimum atomic E-state index is -3.47. The van der Waals surface area contributed by atoms with Crippen molar-refractivity contribution in [1.82, 2.24) is 14.7 Å². The molecule has 110 valence electrons. The number of hydrogen-bond donors (Lipinski definition) is 2. The van der Waals surface area contributed by atoms with Gasteiger partial charge in [0.05, 0.1) is 6.20 Å². The van der Waals surface area contributed by atoms with Crippen LogP contribution in [0.25, 0.3) is 0 Å². The largest absolute Gasteiger partial charge is 0.332 e. The van der Waals surface area contributed by atoms with E-state index in [1.807, 2.05) is 6.92 Å². The lowest BCUT2D eigenvalue weighted by molar-refractivity contribution is 0.482. The molecule has 1 heterocycles. The molecular weight excluding hydrogens is 262 g/mol. The van der Waals surface area contributed by atoms with E-state index in [2.05, 4.69) is 28.5 Å². The Morgan fingerprint density at radius 3 is 2.53 bits per heavy atom. The van der Waals surface area contributed by atoms with Crippen molar-refractivity contribution in [2.24, 2.45) is 0 Å². The summed E-state index contributed by atoms with van der Waals surface area (Å²) in [5, 5.41) is 0.168. The van der Waals surface area contributed by atoms with Crippen molar-refractivity contribution in [3.05, 3.63) is 12.0 Å². The summed E-state index contributed by atoms with van der Waals surface area (Å²) in [6, 6.07) is 0.0170. The zero-order valence-corrected chi connectivity index (χ0v) is 12.9. The number of sulfonamides is 1. The average Bonchev–Trinajstić information content (AvgIpc) is 2.85. The van der Waals surface area contributed by atoms with Gasteiger partial charge in [-0.25, -0.2) is 18.1 Å². The van der Waals surface area contributed by atoms with E-state index in [9.17, 15) is 8.42 Å². The lowest BCUT2D eigenvalue weighted by atomic mass is 10.1.